The molecular formula is C29H34Cl2N4O3. The van der Waals surface area contributed by atoms with E-state index in [2.05, 4.69) is 10.2 Å². The highest BCUT2D eigenvalue weighted by atomic mass is 35.5. The number of para-hydroxylation sites is 1. The van der Waals surface area contributed by atoms with Crippen molar-refractivity contribution in [3.05, 3.63) is 64.1 Å². The third-order valence-corrected chi connectivity index (χ3v) is 8.82. The van der Waals surface area contributed by atoms with Crippen LogP contribution in [0.4, 0.5) is 5.69 Å². The van der Waals surface area contributed by atoms with Crippen LogP contribution in [0, 0.1) is 5.92 Å². The van der Waals surface area contributed by atoms with Crippen LogP contribution >= 0.6 is 23.2 Å². The van der Waals surface area contributed by atoms with Crippen LogP contribution < -0.4 is 10.2 Å². The third kappa shape index (κ3) is 5.50. The summed E-state index contributed by atoms with van der Waals surface area (Å²) in [6.45, 7) is 1.89. The molecule has 38 heavy (non-hydrogen) atoms. The Kier molecular flexibility index (Phi) is 8.15. The summed E-state index contributed by atoms with van der Waals surface area (Å²) in [4.78, 5) is 45.5. The monoisotopic (exact) mass is 556 g/mol. The Labute approximate surface area is 234 Å². The number of benzene rings is 2. The van der Waals surface area contributed by atoms with Gasteiger partial charge in [-0.15, -0.1) is 0 Å². The average molecular weight is 558 g/mol. The molecule has 0 radical (unpaired) electrons. The van der Waals surface area contributed by atoms with Gasteiger partial charge in [-0.1, -0.05) is 60.7 Å². The maximum absolute atomic E-state index is 13.9. The standard InChI is InChI=1S/C29H34Cl2N4O3/c30-22-11-12-24(25(31)17-22)27(37)33-15-13-29(14-16-33)28(38)34(20-35(29)23-9-5-2-6-10-23)19-26(36)32-18-21-7-3-1-4-8-21/h2,5-6,9-12,17,21H,1,3-4,7-8,13-16,18-20H2,(H,32,36). The van der Waals surface area contributed by atoms with Gasteiger partial charge in [0.05, 0.1) is 17.3 Å². The fourth-order valence-corrected chi connectivity index (χ4v) is 6.60. The molecule has 2 heterocycles. The summed E-state index contributed by atoms with van der Waals surface area (Å²) in [7, 11) is 0. The Morgan fingerprint density at radius 2 is 1.68 bits per heavy atom. The molecule has 0 bridgehead atoms. The molecule has 1 saturated carbocycles. The maximum Gasteiger partial charge on any atom is 0.255 e. The fraction of sp³-hybridized carbons (Fsp3) is 0.483. The number of hydrogen-bond donors (Lipinski definition) is 1. The molecule has 3 fully saturated rings. The molecule has 9 heteroatoms. The molecule has 3 amide bonds. The predicted octanol–water partition coefficient (Wildman–Crippen LogP) is 4.97. The highest BCUT2D eigenvalue weighted by molar-refractivity contribution is 6.36. The summed E-state index contributed by atoms with van der Waals surface area (Å²) >= 11 is 12.3. The molecule has 0 atom stereocenters. The lowest BCUT2D eigenvalue weighted by atomic mass is 9.85. The van der Waals surface area contributed by atoms with Gasteiger partial charge < -0.3 is 20.0 Å². The van der Waals surface area contributed by atoms with Gasteiger partial charge in [-0.25, -0.2) is 0 Å². The van der Waals surface area contributed by atoms with Gasteiger partial charge in [-0.2, -0.15) is 0 Å². The molecule has 1 aliphatic carbocycles. The summed E-state index contributed by atoms with van der Waals surface area (Å²) in [6, 6.07) is 14.7. The van der Waals surface area contributed by atoms with Crippen LogP contribution in [0.2, 0.25) is 10.0 Å². The van der Waals surface area contributed by atoms with Crippen LogP contribution in [0.5, 0.6) is 0 Å². The minimum Gasteiger partial charge on any atom is -0.354 e. The zero-order valence-corrected chi connectivity index (χ0v) is 23.0. The van der Waals surface area contributed by atoms with E-state index >= 15 is 0 Å². The SMILES string of the molecule is O=C(CN1CN(c2ccccc2)C2(CCN(C(=O)c3ccc(Cl)cc3Cl)CC2)C1=O)NCC1CCCCC1. The predicted molar refractivity (Wildman–Crippen MR) is 149 cm³/mol. The van der Waals surface area contributed by atoms with E-state index in [0.717, 1.165) is 18.5 Å². The van der Waals surface area contributed by atoms with Gasteiger partial charge in [0.25, 0.3) is 11.8 Å². The minimum atomic E-state index is -0.800. The van der Waals surface area contributed by atoms with Crippen molar-refractivity contribution in [3.63, 3.8) is 0 Å². The molecule has 2 saturated heterocycles. The van der Waals surface area contributed by atoms with Crippen molar-refractivity contribution in [1.29, 1.82) is 0 Å². The quantitative estimate of drug-likeness (QED) is 0.545. The van der Waals surface area contributed by atoms with E-state index in [0.29, 0.717) is 60.7 Å². The Balaban J connectivity index is 1.29. The van der Waals surface area contributed by atoms with Crippen molar-refractivity contribution in [1.82, 2.24) is 15.1 Å². The number of amides is 3. The second kappa shape index (κ2) is 11.5. The van der Waals surface area contributed by atoms with Crippen LogP contribution in [0.3, 0.4) is 0 Å². The Morgan fingerprint density at radius 3 is 2.37 bits per heavy atom. The number of likely N-dealkylation sites (tertiary alicyclic amines) is 1. The summed E-state index contributed by atoms with van der Waals surface area (Å²) in [5.74, 6) is 0.201. The first-order valence-electron chi connectivity index (χ1n) is 13.5. The first kappa shape index (κ1) is 26.8. The molecule has 3 aliphatic rings. The van der Waals surface area contributed by atoms with Crippen LogP contribution in [0.1, 0.15) is 55.3 Å². The Bertz CT molecular complexity index is 1180. The molecule has 0 aromatic heterocycles. The van der Waals surface area contributed by atoms with E-state index < -0.39 is 5.54 Å². The molecule has 7 nitrogen and oxygen atoms in total. The van der Waals surface area contributed by atoms with Crippen molar-refractivity contribution in [2.75, 3.05) is 37.7 Å². The van der Waals surface area contributed by atoms with Crippen molar-refractivity contribution < 1.29 is 14.4 Å². The number of nitrogens with zero attached hydrogens (tertiary/aromatic N) is 3. The number of carbonyl (C=O) groups is 3. The largest absolute Gasteiger partial charge is 0.354 e. The number of piperidine rings is 1. The number of nitrogens with one attached hydrogen (secondary N) is 1. The van der Waals surface area contributed by atoms with E-state index in [9.17, 15) is 14.4 Å². The number of halogens is 2. The fourth-order valence-electron chi connectivity index (χ4n) is 6.11. The van der Waals surface area contributed by atoms with E-state index in [1.807, 2.05) is 30.3 Å². The second-order valence-electron chi connectivity index (χ2n) is 10.7. The van der Waals surface area contributed by atoms with E-state index in [-0.39, 0.29) is 24.3 Å². The lowest BCUT2D eigenvalue weighted by Crippen LogP contribution is -2.57. The molecule has 5 rings (SSSR count). The highest BCUT2D eigenvalue weighted by Gasteiger charge is 2.54. The summed E-state index contributed by atoms with van der Waals surface area (Å²) in [5.41, 5.74) is 0.540. The molecular weight excluding hydrogens is 523 g/mol. The van der Waals surface area contributed by atoms with Crippen molar-refractivity contribution in [2.24, 2.45) is 5.92 Å². The van der Waals surface area contributed by atoms with Crippen molar-refractivity contribution >= 4 is 46.6 Å². The average Bonchev–Trinajstić information content (AvgIpc) is 3.19. The van der Waals surface area contributed by atoms with Crippen LogP contribution in [0.15, 0.2) is 48.5 Å². The minimum absolute atomic E-state index is 0.0413. The molecule has 202 valence electrons. The van der Waals surface area contributed by atoms with Gasteiger partial charge in [0.2, 0.25) is 5.91 Å². The summed E-state index contributed by atoms with van der Waals surface area (Å²) < 4.78 is 0. The Morgan fingerprint density at radius 1 is 0.974 bits per heavy atom. The normalized spacial score (nSPS) is 19.7. The lowest BCUT2D eigenvalue weighted by Gasteiger charge is -2.43. The van der Waals surface area contributed by atoms with E-state index in [4.69, 9.17) is 23.2 Å². The summed E-state index contributed by atoms with van der Waals surface area (Å²) in [5, 5.41) is 3.86. The van der Waals surface area contributed by atoms with Crippen molar-refractivity contribution in [2.45, 2.75) is 50.5 Å². The number of hydrogen-bond acceptors (Lipinski definition) is 4. The third-order valence-electron chi connectivity index (χ3n) is 8.27. The van der Waals surface area contributed by atoms with Crippen LogP contribution in [-0.4, -0.2) is 65.9 Å². The first-order valence-corrected chi connectivity index (χ1v) is 14.3. The van der Waals surface area contributed by atoms with Gasteiger partial charge in [-0.05, 0) is 61.9 Å². The number of rotatable bonds is 6. The van der Waals surface area contributed by atoms with Crippen molar-refractivity contribution in [3.8, 4) is 0 Å². The maximum atomic E-state index is 13.9. The molecule has 2 aromatic carbocycles. The second-order valence-corrected chi connectivity index (χ2v) is 11.5. The van der Waals surface area contributed by atoms with Gasteiger partial charge >= 0.3 is 0 Å². The lowest BCUT2D eigenvalue weighted by molar-refractivity contribution is -0.137. The topological polar surface area (TPSA) is 73.0 Å². The summed E-state index contributed by atoms with van der Waals surface area (Å²) in [6.07, 6.45) is 6.98. The highest BCUT2D eigenvalue weighted by Crippen LogP contribution is 2.40. The van der Waals surface area contributed by atoms with E-state index in [1.54, 1.807) is 28.0 Å². The Hall–Kier alpha value is -2.77. The number of anilines is 1. The van der Waals surface area contributed by atoms with Gasteiger partial charge in [0, 0.05) is 30.3 Å². The molecule has 1 spiro atoms. The molecule has 0 unspecified atom stereocenters. The van der Waals surface area contributed by atoms with Gasteiger partial charge in [0.1, 0.15) is 12.1 Å². The number of carbonyl (C=O) groups excluding carboxylic acids is 3. The van der Waals surface area contributed by atoms with Gasteiger partial charge in [-0.3, -0.25) is 14.4 Å². The molecule has 2 aromatic rings. The first-order chi connectivity index (χ1) is 18.4. The zero-order valence-electron chi connectivity index (χ0n) is 21.5. The van der Waals surface area contributed by atoms with Gasteiger partial charge in [0.15, 0.2) is 0 Å². The van der Waals surface area contributed by atoms with Crippen LogP contribution in [0.25, 0.3) is 0 Å². The van der Waals surface area contributed by atoms with Crippen LogP contribution in [-0.2, 0) is 9.59 Å². The zero-order chi connectivity index (χ0) is 26.7. The molecule has 2 aliphatic heterocycles. The molecule has 1 N–H and O–H groups in total. The van der Waals surface area contributed by atoms with E-state index in [1.165, 1.54) is 19.3 Å². The smallest absolute Gasteiger partial charge is 0.255 e.